The number of hydrogen-bond donors (Lipinski definition) is 0. The van der Waals surface area contributed by atoms with E-state index in [4.69, 9.17) is 11.6 Å². The average molecular weight is 277 g/mol. The Hall–Kier alpha value is -0.290. The SMILES string of the molecule is Fc1cc(Br)c(Cl)c(C(F)(F)F)c1. The van der Waals surface area contributed by atoms with E-state index < -0.39 is 22.6 Å². The minimum absolute atomic E-state index is 0.110. The first-order chi connectivity index (χ1) is 5.82. The molecule has 0 aliphatic heterocycles. The lowest BCUT2D eigenvalue weighted by atomic mass is 10.2. The van der Waals surface area contributed by atoms with Crippen LogP contribution in [0.1, 0.15) is 5.56 Å². The van der Waals surface area contributed by atoms with Crippen LogP contribution < -0.4 is 0 Å². The van der Waals surface area contributed by atoms with Gasteiger partial charge in [0.15, 0.2) is 0 Å². The van der Waals surface area contributed by atoms with Gasteiger partial charge in [0.2, 0.25) is 0 Å². The maximum atomic E-state index is 12.5. The molecular weight excluding hydrogens is 275 g/mol. The maximum absolute atomic E-state index is 12.5. The molecule has 0 aromatic heterocycles. The smallest absolute Gasteiger partial charge is 0.207 e. The molecule has 0 aliphatic rings. The minimum Gasteiger partial charge on any atom is -0.207 e. The minimum atomic E-state index is -4.64. The van der Waals surface area contributed by atoms with Crippen molar-refractivity contribution in [1.29, 1.82) is 0 Å². The van der Waals surface area contributed by atoms with Gasteiger partial charge in [-0.05, 0) is 28.1 Å². The molecule has 1 aromatic carbocycles. The molecule has 13 heavy (non-hydrogen) atoms. The number of rotatable bonds is 0. The molecular formula is C7H2BrClF4. The monoisotopic (exact) mass is 276 g/mol. The van der Waals surface area contributed by atoms with Crippen LogP contribution in [-0.2, 0) is 6.18 Å². The Morgan fingerprint density at radius 3 is 2.23 bits per heavy atom. The molecule has 0 amide bonds. The van der Waals surface area contributed by atoms with E-state index in [0.717, 1.165) is 6.07 Å². The molecule has 6 heteroatoms. The Kier molecular flexibility index (Phi) is 2.87. The van der Waals surface area contributed by atoms with E-state index >= 15 is 0 Å². The fraction of sp³-hybridized carbons (Fsp3) is 0.143. The van der Waals surface area contributed by atoms with Crippen LogP contribution in [0.25, 0.3) is 0 Å². The summed E-state index contributed by atoms with van der Waals surface area (Å²) in [6.45, 7) is 0. The molecule has 0 aliphatic carbocycles. The zero-order chi connectivity index (χ0) is 10.2. The van der Waals surface area contributed by atoms with Crippen molar-refractivity contribution in [1.82, 2.24) is 0 Å². The third kappa shape index (κ3) is 2.34. The molecule has 0 heterocycles. The number of alkyl halides is 3. The molecule has 0 saturated carbocycles. The van der Waals surface area contributed by atoms with Gasteiger partial charge in [-0.1, -0.05) is 11.6 Å². The highest BCUT2D eigenvalue weighted by molar-refractivity contribution is 9.10. The summed E-state index contributed by atoms with van der Waals surface area (Å²) in [5, 5.41) is -0.533. The van der Waals surface area contributed by atoms with Gasteiger partial charge >= 0.3 is 6.18 Å². The van der Waals surface area contributed by atoms with Crippen LogP contribution in [0, 0.1) is 5.82 Å². The van der Waals surface area contributed by atoms with Gasteiger partial charge in [-0.25, -0.2) is 4.39 Å². The van der Waals surface area contributed by atoms with Gasteiger partial charge < -0.3 is 0 Å². The van der Waals surface area contributed by atoms with Crippen LogP contribution in [-0.4, -0.2) is 0 Å². The molecule has 0 saturated heterocycles. The standard InChI is InChI=1S/C7H2BrClF4/c8-5-2-3(10)1-4(6(5)9)7(11,12)13/h1-2H. The van der Waals surface area contributed by atoms with Gasteiger partial charge in [0.05, 0.1) is 10.6 Å². The summed E-state index contributed by atoms with van der Waals surface area (Å²) in [4.78, 5) is 0. The van der Waals surface area contributed by atoms with Gasteiger partial charge in [0, 0.05) is 4.47 Å². The molecule has 1 aromatic rings. The molecule has 0 N–H and O–H groups in total. The fourth-order valence-corrected chi connectivity index (χ4v) is 1.41. The third-order valence-electron chi connectivity index (χ3n) is 1.30. The molecule has 0 unspecified atom stereocenters. The Labute approximate surface area is 84.6 Å². The summed E-state index contributed by atoms with van der Waals surface area (Å²) in [5.74, 6) is -0.983. The van der Waals surface area contributed by atoms with E-state index in [1.165, 1.54) is 0 Å². The van der Waals surface area contributed by atoms with Crippen molar-refractivity contribution in [2.24, 2.45) is 0 Å². The molecule has 72 valence electrons. The van der Waals surface area contributed by atoms with Crippen molar-refractivity contribution in [3.8, 4) is 0 Å². The molecule has 1 rings (SSSR count). The lowest BCUT2D eigenvalue weighted by Crippen LogP contribution is -2.06. The van der Waals surface area contributed by atoms with Crippen LogP contribution in [0.2, 0.25) is 5.02 Å². The third-order valence-corrected chi connectivity index (χ3v) is 2.56. The first-order valence-corrected chi connectivity index (χ1v) is 4.21. The zero-order valence-corrected chi connectivity index (χ0v) is 8.26. The Morgan fingerprint density at radius 2 is 1.77 bits per heavy atom. The van der Waals surface area contributed by atoms with Crippen molar-refractivity contribution < 1.29 is 17.6 Å². The van der Waals surface area contributed by atoms with Gasteiger partial charge in [0.1, 0.15) is 5.82 Å². The second kappa shape index (κ2) is 3.46. The Balaban J connectivity index is 3.37. The summed E-state index contributed by atoms with van der Waals surface area (Å²) in [7, 11) is 0. The fourth-order valence-electron chi connectivity index (χ4n) is 0.762. The zero-order valence-electron chi connectivity index (χ0n) is 5.92. The molecule has 0 nitrogen and oxygen atoms in total. The predicted octanol–water partition coefficient (Wildman–Crippen LogP) is 4.26. The summed E-state index contributed by atoms with van der Waals surface area (Å²) in [5.41, 5.74) is -1.18. The second-order valence-electron chi connectivity index (χ2n) is 2.25. The number of benzene rings is 1. The number of halogens is 6. The van der Waals surface area contributed by atoms with Crippen LogP contribution in [0.5, 0.6) is 0 Å². The van der Waals surface area contributed by atoms with Gasteiger partial charge in [-0.2, -0.15) is 13.2 Å². The highest BCUT2D eigenvalue weighted by Gasteiger charge is 2.34. The number of hydrogen-bond acceptors (Lipinski definition) is 0. The summed E-state index contributed by atoms with van der Waals surface area (Å²) >= 11 is 8.03. The van der Waals surface area contributed by atoms with Crippen molar-refractivity contribution in [2.75, 3.05) is 0 Å². The van der Waals surface area contributed by atoms with E-state index in [2.05, 4.69) is 15.9 Å². The molecule has 0 spiro atoms. The lowest BCUT2D eigenvalue weighted by molar-refractivity contribution is -0.137. The van der Waals surface area contributed by atoms with E-state index in [1.807, 2.05) is 0 Å². The van der Waals surface area contributed by atoms with Crippen molar-refractivity contribution in [3.05, 3.63) is 33.0 Å². The topological polar surface area (TPSA) is 0 Å². The normalized spacial score (nSPS) is 11.8. The summed E-state index contributed by atoms with van der Waals surface area (Å²) in [6.07, 6.45) is -4.64. The quantitative estimate of drug-likeness (QED) is 0.491. The van der Waals surface area contributed by atoms with E-state index in [1.54, 1.807) is 0 Å². The van der Waals surface area contributed by atoms with Crippen LogP contribution >= 0.6 is 27.5 Å². The molecule has 0 fully saturated rings. The molecule has 0 atom stereocenters. The Bertz CT molecular complexity index is 334. The van der Waals surface area contributed by atoms with Crippen molar-refractivity contribution >= 4 is 27.5 Å². The van der Waals surface area contributed by atoms with Crippen LogP contribution in [0.3, 0.4) is 0 Å². The second-order valence-corrected chi connectivity index (χ2v) is 3.48. The van der Waals surface area contributed by atoms with Gasteiger partial charge in [-0.3, -0.25) is 0 Å². The summed E-state index contributed by atoms with van der Waals surface area (Å²) in [6, 6.07) is 1.23. The van der Waals surface area contributed by atoms with Gasteiger partial charge in [-0.15, -0.1) is 0 Å². The first-order valence-electron chi connectivity index (χ1n) is 3.04. The molecule has 0 radical (unpaired) electrons. The lowest BCUT2D eigenvalue weighted by Gasteiger charge is -2.09. The first kappa shape index (κ1) is 10.8. The van der Waals surface area contributed by atoms with Crippen LogP contribution in [0.15, 0.2) is 16.6 Å². The maximum Gasteiger partial charge on any atom is 0.417 e. The highest BCUT2D eigenvalue weighted by atomic mass is 79.9. The van der Waals surface area contributed by atoms with E-state index in [-0.39, 0.29) is 4.47 Å². The largest absolute Gasteiger partial charge is 0.417 e. The summed E-state index contributed by atoms with van der Waals surface area (Å²) < 4.78 is 48.9. The highest BCUT2D eigenvalue weighted by Crippen LogP contribution is 2.38. The predicted molar refractivity (Wildman–Crippen MR) is 44.1 cm³/mol. The van der Waals surface area contributed by atoms with Crippen LogP contribution in [0.4, 0.5) is 17.6 Å². The average Bonchev–Trinajstić information content (AvgIpc) is 1.94. The van der Waals surface area contributed by atoms with Crippen molar-refractivity contribution in [2.45, 2.75) is 6.18 Å². The van der Waals surface area contributed by atoms with E-state index in [0.29, 0.717) is 6.07 Å². The molecule has 0 bridgehead atoms. The van der Waals surface area contributed by atoms with E-state index in [9.17, 15) is 17.6 Å². The van der Waals surface area contributed by atoms with Crippen molar-refractivity contribution in [3.63, 3.8) is 0 Å². The Morgan fingerprint density at radius 1 is 1.23 bits per heavy atom. The van der Waals surface area contributed by atoms with Gasteiger partial charge in [0.25, 0.3) is 0 Å².